The van der Waals surface area contributed by atoms with Gasteiger partial charge in [-0.05, 0) is 43.7 Å². The van der Waals surface area contributed by atoms with E-state index in [1.54, 1.807) is 0 Å². The molecular weight excluding hydrogens is 214 g/mol. The van der Waals surface area contributed by atoms with E-state index in [-0.39, 0.29) is 12.7 Å². The first-order valence-corrected chi connectivity index (χ1v) is 6.44. The van der Waals surface area contributed by atoms with Gasteiger partial charge in [-0.2, -0.15) is 0 Å². The molecule has 2 rings (SSSR count). The molecule has 3 nitrogen and oxygen atoms in total. The third-order valence-electron chi connectivity index (χ3n) is 3.48. The summed E-state index contributed by atoms with van der Waals surface area (Å²) in [4.78, 5) is 4.38. The second-order valence-corrected chi connectivity index (χ2v) is 5.03. The fraction of sp³-hybridized carbons (Fsp3) is 0.643. The van der Waals surface area contributed by atoms with Crippen LogP contribution < -0.4 is 4.74 Å². The molecule has 0 amide bonds. The number of hydrogen-bond acceptors (Lipinski definition) is 3. The number of hydrogen-bond donors (Lipinski definition) is 1. The Kier molecular flexibility index (Phi) is 4.00. The van der Waals surface area contributed by atoms with Crippen LogP contribution in [0.25, 0.3) is 0 Å². The molecule has 17 heavy (non-hydrogen) atoms. The molecule has 0 saturated heterocycles. The van der Waals surface area contributed by atoms with Crippen LogP contribution in [0.1, 0.15) is 43.9 Å². The van der Waals surface area contributed by atoms with Crippen molar-refractivity contribution < 1.29 is 9.84 Å². The van der Waals surface area contributed by atoms with Gasteiger partial charge in [0.25, 0.3) is 0 Å². The Morgan fingerprint density at radius 1 is 1.35 bits per heavy atom. The average molecular weight is 235 g/mol. The molecule has 1 heterocycles. The van der Waals surface area contributed by atoms with Crippen molar-refractivity contribution in [1.82, 2.24) is 4.98 Å². The molecule has 94 valence electrons. The van der Waals surface area contributed by atoms with E-state index in [0.29, 0.717) is 11.8 Å². The highest BCUT2D eigenvalue weighted by atomic mass is 16.5. The highest BCUT2D eigenvalue weighted by molar-refractivity contribution is 5.24. The largest absolute Gasteiger partial charge is 0.474 e. The maximum atomic E-state index is 9.16. The molecule has 1 fully saturated rings. The quantitative estimate of drug-likeness (QED) is 0.876. The first-order valence-electron chi connectivity index (χ1n) is 6.44. The van der Waals surface area contributed by atoms with Crippen LogP contribution in [-0.4, -0.2) is 16.2 Å². The molecule has 0 aromatic carbocycles. The lowest BCUT2D eigenvalue weighted by atomic mass is 9.88. The molecule has 0 aliphatic heterocycles. The summed E-state index contributed by atoms with van der Waals surface area (Å²) >= 11 is 0. The van der Waals surface area contributed by atoms with Crippen molar-refractivity contribution in [3.05, 3.63) is 23.4 Å². The van der Waals surface area contributed by atoms with E-state index in [4.69, 9.17) is 9.84 Å². The van der Waals surface area contributed by atoms with Crippen LogP contribution in [0, 0.1) is 12.8 Å². The van der Waals surface area contributed by atoms with E-state index < -0.39 is 0 Å². The van der Waals surface area contributed by atoms with E-state index in [1.165, 1.54) is 19.3 Å². The second-order valence-electron chi connectivity index (χ2n) is 5.03. The molecule has 1 aliphatic rings. The van der Waals surface area contributed by atoms with Crippen LogP contribution in [-0.2, 0) is 6.61 Å². The number of ether oxygens (including phenoxy) is 1. The molecule has 2 atom stereocenters. The maximum Gasteiger partial charge on any atom is 0.214 e. The maximum absolute atomic E-state index is 9.16. The van der Waals surface area contributed by atoms with E-state index in [1.807, 2.05) is 19.1 Å². The number of rotatable bonds is 3. The monoisotopic (exact) mass is 235 g/mol. The zero-order chi connectivity index (χ0) is 12.3. The van der Waals surface area contributed by atoms with Crippen molar-refractivity contribution in [2.24, 2.45) is 5.92 Å². The van der Waals surface area contributed by atoms with Crippen molar-refractivity contribution in [2.45, 2.75) is 52.2 Å². The van der Waals surface area contributed by atoms with Gasteiger partial charge in [-0.25, -0.2) is 4.98 Å². The summed E-state index contributed by atoms with van der Waals surface area (Å²) in [5.41, 5.74) is 1.77. The van der Waals surface area contributed by atoms with Crippen molar-refractivity contribution in [2.75, 3.05) is 0 Å². The first-order chi connectivity index (χ1) is 8.19. The Hall–Kier alpha value is -1.09. The van der Waals surface area contributed by atoms with E-state index in [0.717, 1.165) is 17.7 Å². The Labute approximate surface area is 103 Å². The van der Waals surface area contributed by atoms with Gasteiger partial charge in [-0.1, -0.05) is 13.3 Å². The van der Waals surface area contributed by atoms with Gasteiger partial charge in [0.05, 0.1) is 6.61 Å². The third-order valence-corrected chi connectivity index (χ3v) is 3.48. The van der Waals surface area contributed by atoms with Gasteiger partial charge < -0.3 is 9.84 Å². The van der Waals surface area contributed by atoms with Gasteiger partial charge in [-0.15, -0.1) is 0 Å². The lowest BCUT2D eigenvalue weighted by Gasteiger charge is -2.29. The van der Waals surface area contributed by atoms with Crippen molar-refractivity contribution in [3.63, 3.8) is 0 Å². The number of aliphatic hydroxyl groups excluding tert-OH is 1. The van der Waals surface area contributed by atoms with Gasteiger partial charge in [-0.3, -0.25) is 0 Å². The predicted octanol–water partition coefficient (Wildman–Crippen LogP) is 2.84. The highest BCUT2D eigenvalue weighted by Gasteiger charge is 2.23. The first kappa shape index (κ1) is 12.4. The minimum absolute atomic E-state index is 0.0416. The van der Waals surface area contributed by atoms with Crippen molar-refractivity contribution >= 4 is 0 Å². The number of pyridine rings is 1. The lowest BCUT2D eigenvalue weighted by molar-refractivity contribution is 0.0971. The van der Waals surface area contributed by atoms with Gasteiger partial charge in [0, 0.05) is 11.8 Å². The minimum atomic E-state index is 0.0416. The summed E-state index contributed by atoms with van der Waals surface area (Å²) < 4.78 is 5.97. The lowest BCUT2D eigenvalue weighted by Crippen LogP contribution is -2.28. The number of aromatic nitrogens is 1. The molecule has 3 heteroatoms. The van der Waals surface area contributed by atoms with Crippen molar-refractivity contribution in [3.8, 4) is 5.88 Å². The van der Waals surface area contributed by atoms with Crippen LogP contribution >= 0.6 is 0 Å². The van der Waals surface area contributed by atoms with Crippen molar-refractivity contribution in [1.29, 1.82) is 0 Å². The second kappa shape index (κ2) is 5.50. The van der Waals surface area contributed by atoms with Crippen LogP contribution in [0.2, 0.25) is 0 Å². The van der Waals surface area contributed by atoms with E-state index >= 15 is 0 Å². The number of aryl methyl sites for hydroxylation is 1. The molecule has 1 aliphatic carbocycles. The smallest absolute Gasteiger partial charge is 0.214 e. The fourth-order valence-corrected chi connectivity index (χ4v) is 2.47. The summed E-state index contributed by atoms with van der Waals surface area (Å²) in [6, 6.07) is 3.73. The third kappa shape index (κ3) is 3.19. The Morgan fingerprint density at radius 2 is 2.12 bits per heavy atom. The van der Waals surface area contributed by atoms with Crippen LogP contribution in [0.4, 0.5) is 0 Å². The molecule has 2 unspecified atom stereocenters. The standard InChI is InChI=1S/C14H21NO2/c1-10-5-3-4-6-13(10)17-14-8-12(9-16)7-11(2)15-14/h7-8,10,13,16H,3-6,9H2,1-2H3. The van der Waals surface area contributed by atoms with Gasteiger partial charge >= 0.3 is 0 Å². The zero-order valence-corrected chi connectivity index (χ0v) is 10.6. The van der Waals surface area contributed by atoms with Crippen LogP contribution in [0.5, 0.6) is 5.88 Å². The summed E-state index contributed by atoms with van der Waals surface area (Å²) in [5, 5.41) is 9.16. The van der Waals surface area contributed by atoms with Crippen LogP contribution in [0.3, 0.4) is 0 Å². The average Bonchev–Trinajstić information content (AvgIpc) is 2.31. The Bertz CT molecular complexity index is 378. The molecule has 1 aromatic rings. The molecule has 0 bridgehead atoms. The van der Waals surface area contributed by atoms with Gasteiger partial charge in [0.15, 0.2) is 0 Å². The Balaban J connectivity index is 2.09. The SMILES string of the molecule is Cc1cc(CO)cc(OC2CCCCC2C)n1. The van der Waals surface area contributed by atoms with Gasteiger partial charge in [0.1, 0.15) is 6.10 Å². The number of nitrogens with zero attached hydrogens (tertiary/aromatic N) is 1. The predicted molar refractivity (Wildman–Crippen MR) is 66.9 cm³/mol. The molecular formula is C14H21NO2. The minimum Gasteiger partial charge on any atom is -0.474 e. The van der Waals surface area contributed by atoms with Gasteiger partial charge in [0.2, 0.25) is 5.88 Å². The summed E-state index contributed by atoms with van der Waals surface area (Å²) in [5.74, 6) is 1.26. The molecule has 1 aromatic heterocycles. The molecule has 1 saturated carbocycles. The summed E-state index contributed by atoms with van der Waals surface area (Å²) in [6.07, 6.45) is 5.19. The molecule has 0 radical (unpaired) electrons. The summed E-state index contributed by atoms with van der Waals surface area (Å²) in [6.45, 7) is 4.21. The normalized spacial score (nSPS) is 24.6. The molecule has 0 spiro atoms. The van der Waals surface area contributed by atoms with E-state index in [2.05, 4.69) is 11.9 Å². The van der Waals surface area contributed by atoms with E-state index in [9.17, 15) is 0 Å². The number of aliphatic hydroxyl groups is 1. The highest BCUT2D eigenvalue weighted by Crippen LogP contribution is 2.27. The summed E-state index contributed by atoms with van der Waals surface area (Å²) in [7, 11) is 0. The Morgan fingerprint density at radius 3 is 2.82 bits per heavy atom. The van der Waals surface area contributed by atoms with Crippen LogP contribution in [0.15, 0.2) is 12.1 Å². The topological polar surface area (TPSA) is 42.4 Å². The fourth-order valence-electron chi connectivity index (χ4n) is 2.47. The zero-order valence-electron chi connectivity index (χ0n) is 10.6. The molecule has 1 N–H and O–H groups in total.